The zero-order chi connectivity index (χ0) is 22.3. The van der Waals surface area contributed by atoms with Crippen molar-refractivity contribution >= 4 is 11.8 Å². The molecule has 1 atom stereocenters. The summed E-state index contributed by atoms with van der Waals surface area (Å²) in [5, 5.41) is 0. The van der Waals surface area contributed by atoms with Gasteiger partial charge in [0.2, 0.25) is 0 Å². The van der Waals surface area contributed by atoms with Crippen LogP contribution in [0.15, 0.2) is 48.8 Å². The lowest BCUT2D eigenvalue weighted by molar-refractivity contribution is 0.149. The average molecular weight is 427 g/mol. The molecule has 0 spiro atoms. The molecule has 0 N–H and O–H groups in total. The van der Waals surface area contributed by atoms with Crippen molar-refractivity contribution in [1.29, 1.82) is 0 Å². The SMILES string of the molecule is CCCCCCCCCCOC(=O)N(c1ccc(OCC)cc1)C(C)c1ccncc1. The highest BCUT2D eigenvalue weighted by Crippen LogP contribution is 2.29. The molecule has 170 valence electrons. The van der Waals surface area contributed by atoms with Crippen LogP contribution in [-0.4, -0.2) is 24.3 Å². The van der Waals surface area contributed by atoms with Crippen molar-refractivity contribution in [3.63, 3.8) is 0 Å². The summed E-state index contributed by atoms with van der Waals surface area (Å²) in [5.74, 6) is 0.787. The van der Waals surface area contributed by atoms with E-state index < -0.39 is 0 Å². The van der Waals surface area contributed by atoms with Gasteiger partial charge in [0.15, 0.2) is 0 Å². The maximum atomic E-state index is 13.0. The summed E-state index contributed by atoms with van der Waals surface area (Å²) >= 11 is 0. The Labute approximate surface area is 187 Å². The van der Waals surface area contributed by atoms with Crippen LogP contribution in [0.3, 0.4) is 0 Å². The molecule has 0 aliphatic heterocycles. The Morgan fingerprint density at radius 1 is 0.903 bits per heavy atom. The van der Waals surface area contributed by atoms with E-state index in [2.05, 4.69) is 11.9 Å². The smallest absolute Gasteiger partial charge is 0.414 e. The summed E-state index contributed by atoms with van der Waals surface area (Å²) in [7, 11) is 0. The predicted octanol–water partition coefficient (Wildman–Crippen LogP) is 7.33. The van der Waals surface area contributed by atoms with Crippen molar-refractivity contribution in [1.82, 2.24) is 4.98 Å². The maximum Gasteiger partial charge on any atom is 0.414 e. The van der Waals surface area contributed by atoms with Crippen LogP contribution < -0.4 is 9.64 Å². The molecule has 1 heterocycles. The first-order chi connectivity index (χ1) is 15.2. The van der Waals surface area contributed by atoms with Gasteiger partial charge in [-0.25, -0.2) is 4.79 Å². The summed E-state index contributed by atoms with van der Waals surface area (Å²) in [6, 6.07) is 11.3. The number of hydrogen-bond acceptors (Lipinski definition) is 4. The number of amides is 1. The van der Waals surface area contributed by atoms with E-state index in [1.165, 1.54) is 38.5 Å². The molecule has 0 fully saturated rings. The maximum absolute atomic E-state index is 13.0. The normalized spacial score (nSPS) is 11.7. The van der Waals surface area contributed by atoms with Crippen molar-refractivity contribution in [2.75, 3.05) is 18.1 Å². The second kappa shape index (κ2) is 14.4. The fourth-order valence-electron chi connectivity index (χ4n) is 3.61. The van der Waals surface area contributed by atoms with Crippen LogP contribution >= 0.6 is 0 Å². The Balaban J connectivity index is 1.94. The number of unbranched alkanes of at least 4 members (excludes halogenated alkanes) is 7. The van der Waals surface area contributed by atoms with Crippen LogP contribution in [0.25, 0.3) is 0 Å². The average Bonchev–Trinajstić information content (AvgIpc) is 2.80. The Morgan fingerprint density at radius 3 is 2.13 bits per heavy atom. The Bertz CT molecular complexity index is 734. The van der Waals surface area contributed by atoms with Gasteiger partial charge in [-0.1, -0.05) is 51.9 Å². The van der Waals surface area contributed by atoms with E-state index in [0.717, 1.165) is 29.8 Å². The van der Waals surface area contributed by atoms with E-state index in [9.17, 15) is 4.79 Å². The van der Waals surface area contributed by atoms with Crippen molar-refractivity contribution in [3.05, 3.63) is 54.4 Å². The highest BCUT2D eigenvalue weighted by Gasteiger charge is 2.25. The molecule has 1 aromatic carbocycles. The van der Waals surface area contributed by atoms with E-state index >= 15 is 0 Å². The van der Waals surface area contributed by atoms with Gasteiger partial charge in [0, 0.05) is 18.1 Å². The van der Waals surface area contributed by atoms with Gasteiger partial charge >= 0.3 is 6.09 Å². The van der Waals surface area contributed by atoms with E-state index in [1.807, 2.05) is 50.2 Å². The molecular formula is C26H38N2O3. The van der Waals surface area contributed by atoms with Gasteiger partial charge < -0.3 is 9.47 Å². The van der Waals surface area contributed by atoms with Gasteiger partial charge in [0.1, 0.15) is 5.75 Å². The van der Waals surface area contributed by atoms with Gasteiger partial charge in [-0.15, -0.1) is 0 Å². The highest BCUT2D eigenvalue weighted by molar-refractivity contribution is 5.88. The number of pyridine rings is 1. The van der Waals surface area contributed by atoms with Crippen molar-refractivity contribution < 1.29 is 14.3 Å². The molecule has 1 amide bonds. The molecule has 2 rings (SSSR count). The quantitative estimate of drug-likeness (QED) is 0.297. The monoisotopic (exact) mass is 426 g/mol. The Hall–Kier alpha value is -2.56. The zero-order valence-corrected chi connectivity index (χ0v) is 19.4. The molecule has 0 saturated heterocycles. The number of carbonyl (C=O) groups is 1. The van der Waals surface area contributed by atoms with Crippen molar-refractivity contribution in [3.8, 4) is 5.75 Å². The number of rotatable bonds is 14. The molecular weight excluding hydrogens is 388 g/mol. The first-order valence-electron chi connectivity index (χ1n) is 11.8. The molecule has 2 aromatic rings. The molecule has 0 aliphatic carbocycles. The first kappa shape index (κ1) is 24.7. The minimum absolute atomic E-state index is 0.174. The van der Waals surface area contributed by atoms with Crippen molar-refractivity contribution in [2.45, 2.75) is 78.2 Å². The number of carbonyl (C=O) groups excluding carboxylic acids is 1. The van der Waals surface area contributed by atoms with Gasteiger partial charge in [0.25, 0.3) is 0 Å². The molecule has 0 bridgehead atoms. The molecule has 0 aliphatic rings. The lowest BCUT2D eigenvalue weighted by Gasteiger charge is -2.29. The summed E-state index contributed by atoms with van der Waals surface area (Å²) in [6.45, 7) is 7.25. The fourth-order valence-corrected chi connectivity index (χ4v) is 3.61. The van der Waals surface area contributed by atoms with Gasteiger partial charge in [-0.3, -0.25) is 9.88 Å². The van der Waals surface area contributed by atoms with E-state index in [-0.39, 0.29) is 12.1 Å². The number of anilines is 1. The van der Waals surface area contributed by atoms with Gasteiger partial charge in [-0.05, 0) is 62.2 Å². The molecule has 1 unspecified atom stereocenters. The van der Waals surface area contributed by atoms with E-state index in [4.69, 9.17) is 9.47 Å². The number of hydrogen-bond donors (Lipinski definition) is 0. The molecule has 5 nitrogen and oxygen atoms in total. The Kier molecular flexibility index (Phi) is 11.5. The third-order valence-corrected chi connectivity index (χ3v) is 5.42. The van der Waals surface area contributed by atoms with Crippen LogP contribution in [0.4, 0.5) is 10.5 Å². The lowest BCUT2D eigenvalue weighted by Crippen LogP contribution is -2.34. The number of ether oxygens (including phenoxy) is 2. The summed E-state index contributed by atoms with van der Waals surface area (Å²) < 4.78 is 11.2. The van der Waals surface area contributed by atoms with Crippen LogP contribution in [0.2, 0.25) is 0 Å². The second-order valence-electron chi connectivity index (χ2n) is 7.84. The number of aromatic nitrogens is 1. The molecule has 0 radical (unpaired) electrons. The summed E-state index contributed by atoms with van der Waals surface area (Å²) in [6.07, 6.45) is 12.9. The minimum atomic E-state index is -0.323. The van der Waals surface area contributed by atoms with Crippen LogP contribution in [0.5, 0.6) is 5.75 Å². The predicted molar refractivity (Wildman–Crippen MR) is 127 cm³/mol. The first-order valence-corrected chi connectivity index (χ1v) is 11.8. The molecule has 0 saturated carbocycles. The van der Waals surface area contributed by atoms with Crippen molar-refractivity contribution in [2.24, 2.45) is 0 Å². The minimum Gasteiger partial charge on any atom is -0.494 e. The van der Waals surface area contributed by atoms with E-state index in [1.54, 1.807) is 17.3 Å². The Morgan fingerprint density at radius 2 is 1.52 bits per heavy atom. The highest BCUT2D eigenvalue weighted by atomic mass is 16.6. The van der Waals surface area contributed by atoms with Crippen LogP contribution in [-0.2, 0) is 4.74 Å². The van der Waals surface area contributed by atoms with E-state index in [0.29, 0.717) is 13.2 Å². The second-order valence-corrected chi connectivity index (χ2v) is 7.84. The molecule has 1 aromatic heterocycles. The fraction of sp³-hybridized carbons (Fsp3) is 0.538. The third-order valence-electron chi connectivity index (χ3n) is 5.42. The summed E-state index contributed by atoms with van der Waals surface area (Å²) in [5.41, 5.74) is 1.79. The van der Waals surface area contributed by atoms with Gasteiger partial charge in [-0.2, -0.15) is 0 Å². The lowest BCUT2D eigenvalue weighted by atomic mass is 10.1. The molecule has 5 heteroatoms. The molecule has 31 heavy (non-hydrogen) atoms. The topological polar surface area (TPSA) is 51.7 Å². The van der Waals surface area contributed by atoms with Gasteiger partial charge in [0.05, 0.1) is 19.3 Å². The van der Waals surface area contributed by atoms with Crippen LogP contribution in [0.1, 0.15) is 83.7 Å². The zero-order valence-electron chi connectivity index (χ0n) is 19.4. The van der Waals surface area contributed by atoms with Crippen LogP contribution in [0, 0.1) is 0 Å². The summed E-state index contributed by atoms with van der Waals surface area (Å²) in [4.78, 5) is 18.8. The largest absolute Gasteiger partial charge is 0.494 e. The number of benzene rings is 1. The standard InChI is InChI=1S/C26H38N2O3/c1-4-6-7-8-9-10-11-12-21-31-26(29)28(22(3)23-17-19-27-20-18-23)24-13-15-25(16-14-24)30-5-2/h13-20,22H,4-12,21H2,1-3H3. The third kappa shape index (κ3) is 8.60. The number of nitrogens with zero attached hydrogens (tertiary/aromatic N) is 2.